The Bertz CT molecular complexity index is 577. The number of rotatable bonds is 3. The SMILES string of the molecule is CC(=O)C1N=C(c2ccc(OC(F)(F)F)cc2)OC1=O. The van der Waals surface area contributed by atoms with Crippen molar-refractivity contribution in [2.75, 3.05) is 0 Å². The second kappa shape index (κ2) is 4.95. The van der Waals surface area contributed by atoms with Crippen LogP contribution in [0.3, 0.4) is 0 Å². The van der Waals surface area contributed by atoms with E-state index < -0.39 is 29.9 Å². The van der Waals surface area contributed by atoms with Crippen LogP contribution in [0.25, 0.3) is 0 Å². The van der Waals surface area contributed by atoms with Crippen molar-refractivity contribution in [3.05, 3.63) is 29.8 Å². The lowest BCUT2D eigenvalue weighted by atomic mass is 10.2. The second-order valence-corrected chi connectivity index (χ2v) is 3.94. The summed E-state index contributed by atoms with van der Waals surface area (Å²) >= 11 is 0. The van der Waals surface area contributed by atoms with Crippen LogP contribution < -0.4 is 4.74 Å². The van der Waals surface area contributed by atoms with E-state index in [4.69, 9.17) is 4.74 Å². The summed E-state index contributed by atoms with van der Waals surface area (Å²) in [6.45, 7) is 1.19. The third-order valence-corrected chi connectivity index (χ3v) is 2.39. The summed E-state index contributed by atoms with van der Waals surface area (Å²) in [5.41, 5.74) is 0.275. The fourth-order valence-electron chi connectivity index (χ4n) is 1.54. The monoisotopic (exact) mass is 287 g/mol. The molecule has 106 valence electrons. The molecule has 0 fully saturated rings. The van der Waals surface area contributed by atoms with E-state index in [0.717, 1.165) is 12.1 Å². The zero-order valence-corrected chi connectivity index (χ0v) is 10.1. The maximum atomic E-state index is 12.0. The summed E-state index contributed by atoms with van der Waals surface area (Å²) in [6, 6.07) is 3.39. The van der Waals surface area contributed by atoms with E-state index in [9.17, 15) is 22.8 Å². The summed E-state index contributed by atoms with van der Waals surface area (Å²) in [7, 11) is 0. The van der Waals surface area contributed by atoms with E-state index >= 15 is 0 Å². The van der Waals surface area contributed by atoms with Gasteiger partial charge in [0.15, 0.2) is 5.78 Å². The Morgan fingerprint density at radius 2 is 1.90 bits per heavy atom. The highest BCUT2D eigenvalue weighted by atomic mass is 19.4. The molecule has 0 amide bonds. The summed E-state index contributed by atoms with van der Waals surface area (Å²) in [6.07, 6.45) is -4.78. The number of ether oxygens (including phenoxy) is 2. The minimum absolute atomic E-state index is 0.103. The fraction of sp³-hybridized carbons (Fsp3) is 0.250. The molecule has 1 heterocycles. The molecule has 0 aliphatic carbocycles. The first-order chi connectivity index (χ1) is 9.26. The molecule has 5 nitrogen and oxygen atoms in total. The minimum Gasteiger partial charge on any atom is -0.406 e. The standard InChI is InChI=1S/C12H8F3NO4/c1-6(17)9-11(18)19-10(16-9)7-2-4-8(5-3-7)20-12(13,14)15/h2-5,9H,1H3. The van der Waals surface area contributed by atoms with E-state index in [0.29, 0.717) is 0 Å². The second-order valence-electron chi connectivity index (χ2n) is 3.94. The fourth-order valence-corrected chi connectivity index (χ4v) is 1.54. The molecule has 1 aliphatic rings. The molecular formula is C12H8F3NO4. The average molecular weight is 287 g/mol. The van der Waals surface area contributed by atoms with Crippen molar-refractivity contribution >= 4 is 17.7 Å². The van der Waals surface area contributed by atoms with Gasteiger partial charge in [-0.1, -0.05) is 0 Å². The predicted molar refractivity (Wildman–Crippen MR) is 60.2 cm³/mol. The molecule has 20 heavy (non-hydrogen) atoms. The van der Waals surface area contributed by atoms with Gasteiger partial charge in [-0.05, 0) is 31.2 Å². The van der Waals surface area contributed by atoms with Crippen LogP contribution in [0.2, 0.25) is 0 Å². The van der Waals surface area contributed by atoms with Gasteiger partial charge in [-0.3, -0.25) is 4.79 Å². The van der Waals surface area contributed by atoms with E-state index in [-0.39, 0.29) is 11.5 Å². The zero-order valence-electron chi connectivity index (χ0n) is 10.1. The first-order valence-corrected chi connectivity index (χ1v) is 5.42. The summed E-state index contributed by atoms with van der Waals surface area (Å²) in [4.78, 5) is 26.2. The van der Waals surface area contributed by atoms with Crippen LogP contribution in [0.4, 0.5) is 13.2 Å². The molecule has 1 aromatic carbocycles. The number of carbonyl (C=O) groups is 2. The van der Waals surface area contributed by atoms with Crippen molar-refractivity contribution in [3.63, 3.8) is 0 Å². The molecule has 1 atom stereocenters. The zero-order chi connectivity index (χ0) is 14.9. The third kappa shape index (κ3) is 3.14. The van der Waals surface area contributed by atoms with Crippen molar-refractivity contribution in [2.24, 2.45) is 4.99 Å². The van der Waals surface area contributed by atoms with Crippen LogP contribution in [0, 0.1) is 0 Å². The lowest BCUT2D eigenvalue weighted by Crippen LogP contribution is -2.22. The summed E-state index contributed by atoms with van der Waals surface area (Å²) in [5.74, 6) is -1.78. The molecule has 8 heteroatoms. The molecular weight excluding hydrogens is 279 g/mol. The summed E-state index contributed by atoms with van der Waals surface area (Å²) in [5, 5.41) is 0. The quantitative estimate of drug-likeness (QED) is 0.628. The Morgan fingerprint density at radius 3 is 2.35 bits per heavy atom. The number of esters is 1. The van der Waals surface area contributed by atoms with Crippen LogP contribution in [0.1, 0.15) is 12.5 Å². The van der Waals surface area contributed by atoms with Crippen LogP contribution >= 0.6 is 0 Å². The van der Waals surface area contributed by atoms with Crippen LogP contribution in [-0.2, 0) is 14.3 Å². The lowest BCUT2D eigenvalue weighted by Gasteiger charge is -2.08. The van der Waals surface area contributed by atoms with E-state index in [1.54, 1.807) is 0 Å². The number of benzene rings is 1. The Kier molecular flexibility index (Phi) is 3.47. The van der Waals surface area contributed by atoms with Crippen LogP contribution in [0.5, 0.6) is 5.75 Å². The van der Waals surface area contributed by atoms with Crippen LogP contribution in [0.15, 0.2) is 29.3 Å². The van der Waals surface area contributed by atoms with E-state index in [2.05, 4.69) is 9.73 Å². The van der Waals surface area contributed by atoms with Gasteiger partial charge in [0, 0.05) is 5.56 Å². The van der Waals surface area contributed by atoms with Gasteiger partial charge in [-0.25, -0.2) is 9.79 Å². The van der Waals surface area contributed by atoms with Crippen molar-refractivity contribution in [3.8, 4) is 5.75 Å². The number of hydrogen-bond donors (Lipinski definition) is 0. The lowest BCUT2D eigenvalue weighted by molar-refractivity contribution is -0.274. The molecule has 1 aromatic rings. The average Bonchev–Trinajstić information content (AvgIpc) is 2.70. The van der Waals surface area contributed by atoms with Gasteiger partial charge < -0.3 is 9.47 Å². The number of hydrogen-bond acceptors (Lipinski definition) is 5. The third-order valence-electron chi connectivity index (χ3n) is 2.39. The highest BCUT2D eigenvalue weighted by Gasteiger charge is 2.34. The van der Waals surface area contributed by atoms with Gasteiger partial charge in [0.1, 0.15) is 5.75 Å². The molecule has 0 saturated heterocycles. The van der Waals surface area contributed by atoms with Crippen LogP contribution in [-0.4, -0.2) is 30.1 Å². The van der Waals surface area contributed by atoms with Crippen molar-refractivity contribution < 1.29 is 32.2 Å². The topological polar surface area (TPSA) is 65.0 Å². The number of halogens is 3. The first-order valence-electron chi connectivity index (χ1n) is 5.42. The predicted octanol–water partition coefficient (Wildman–Crippen LogP) is 1.85. The molecule has 1 unspecified atom stereocenters. The highest BCUT2D eigenvalue weighted by molar-refractivity contribution is 6.14. The Hall–Kier alpha value is -2.38. The number of ketones is 1. The maximum Gasteiger partial charge on any atom is 0.573 e. The number of Topliss-reactive ketones (excluding diaryl/α,β-unsaturated/α-hetero) is 1. The smallest absolute Gasteiger partial charge is 0.406 e. The highest BCUT2D eigenvalue weighted by Crippen LogP contribution is 2.23. The Labute approximate surface area is 111 Å². The van der Waals surface area contributed by atoms with E-state index in [1.807, 2.05) is 0 Å². The molecule has 2 rings (SSSR count). The number of aliphatic imine (C=N–C) groups is 1. The Morgan fingerprint density at radius 1 is 1.30 bits per heavy atom. The normalized spacial score (nSPS) is 18.5. The number of carbonyl (C=O) groups excluding carboxylic acids is 2. The molecule has 0 bridgehead atoms. The van der Waals surface area contributed by atoms with Crippen molar-refractivity contribution in [1.82, 2.24) is 0 Å². The molecule has 0 aromatic heterocycles. The van der Waals surface area contributed by atoms with Gasteiger partial charge in [0.25, 0.3) is 0 Å². The largest absolute Gasteiger partial charge is 0.573 e. The maximum absolute atomic E-state index is 12.0. The van der Waals surface area contributed by atoms with Gasteiger partial charge in [-0.15, -0.1) is 13.2 Å². The summed E-state index contributed by atoms with van der Waals surface area (Å²) < 4.78 is 44.4. The molecule has 0 saturated carbocycles. The van der Waals surface area contributed by atoms with Crippen molar-refractivity contribution in [1.29, 1.82) is 0 Å². The number of nitrogens with zero attached hydrogens (tertiary/aromatic N) is 1. The van der Waals surface area contributed by atoms with Gasteiger partial charge in [-0.2, -0.15) is 0 Å². The molecule has 0 N–H and O–H groups in total. The first kappa shape index (κ1) is 14.0. The van der Waals surface area contributed by atoms with Gasteiger partial charge in [0.05, 0.1) is 0 Å². The van der Waals surface area contributed by atoms with Gasteiger partial charge in [0.2, 0.25) is 11.9 Å². The molecule has 0 radical (unpaired) electrons. The minimum atomic E-state index is -4.78. The molecule has 1 aliphatic heterocycles. The van der Waals surface area contributed by atoms with Gasteiger partial charge >= 0.3 is 12.3 Å². The number of cyclic esters (lactones) is 1. The van der Waals surface area contributed by atoms with E-state index in [1.165, 1.54) is 19.1 Å². The number of alkyl halides is 3. The molecule has 0 spiro atoms. The van der Waals surface area contributed by atoms with Crippen molar-refractivity contribution in [2.45, 2.75) is 19.3 Å². The Balaban J connectivity index is 2.17.